The van der Waals surface area contributed by atoms with Crippen molar-refractivity contribution in [2.45, 2.75) is 51.5 Å². The molecule has 1 saturated heterocycles. The number of rotatable bonds is 1. The molecule has 0 aromatic heterocycles. The molecule has 0 spiro atoms. The molecular weight excluding hydrogens is 217 g/mol. The van der Waals surface area contributed by atoms with Crippen LogP contribution in [0.3, 0.4) is 0 Å². The van der Waals surface area contributed by atoms with E-state index in [9.17, 15) is 4.39 Å². The average molecular weight is 237 g/mol. The first-order valence-corrected chi connectivity index (χ1v) is 6.23. The van der Waals surface area contributed by atoms with Crippen LogP contribution in [0.15, 0.2) is 24.3 Å². The maximum absolute atomic E-state index is 12.9. The van der Waals surface area contributed by atoms with Gasteiger partial charge in [0.2, 0.25) is 0 Å². The topological polar surface area (TPSA) is 21.3 Å². The number of halogens is 1. The van der Waals surface area contributed by atoms with Crippen molar-refractivity contribution in [2.24, 2.45) is 0 Å². The Kier molecular flexibility index (Phi) is 3.79. The first kappa shape index (κ1) is 12.5. The molecule has 0 aliphatic carbocycles. The fourth-order valence-electron chi connectivity index (χ4n) is 2.55. The Labute approximate surface area is 102 Å². The molecule has 1 aliphatic rings. The molecule has 0 radical (unpaired) electrons. The highest BCUT2D eigenvalue weighted by atomic mass is 19.1. The molecular formula is C14H20FNO. The van der Waals surface area contributed by atoms with Gasteiger partial charge in [0.15, 0.2) is 0 Å². The van der Waals surface area contributed by atoms with Gasteiger partial charge in [-0.3, -0.25) is 0 Å². The zero-order valence-electron chi connectivity index (χ0n) is 10.6. The summed E-state index contributed by atoms with van der Waals surface area (Å²) in [6.45, 7) is 6.37. The number of ether oxygens (including phenoxy) is 1. The third-order valence-corrected chi connectivity index (χ3v) is 3.26. The van der Waals surface area contributed by atoms with E-state index in [0.717, 1.165) is 12.0 Å². The van der Waals surface area contributed by atoms with E-state index in [1.165, 1.54) is 12.1 Å². The Hall–Kier alpha value is -0.930. The summed E-state index contributed by atoms with van der Waals surface area (Å²) in [5.74, 6) is -0.204. The monoisotopic (exact) mass is 237 g/mol. The van der Waals surface area contributed by atoms with E-state index in [0.29, 0.717) is 6.04 Å². The highest BCUT2D eigenvalue weighted by Gasteiger charge is 2.27. The SMILES string of the molecule is CC1CC(C)OC(c2ccc(F)cc2)C(C)N1. The Bertz CT molecular complexity index is 365. The van der Waals surface area contributed by atoms with Gasteiger partial charge in [0.1, 0.15) is 5.82 Å². The van der Waals surface area contributed by atoms with E-state index < -0.39 is 0 Å². The lowest BCUT2D eigenvalue weighted by Crippen LogP contribution is -2.36. The normalized spacial score (nSPS) is 34.4. The van der Waals surface area contributed by atoms with Crippen LogP contribution in [0, 0.1) is 5.82 Å². The summed E-state index contributed by atoms with van der Waals surface area (Å²) in [5.41, 5.74) is 1.03. The predicted octanol–water partition coefficient (Wildman–Crippen LogP) is 3.04. The minimum Gasteiger partial charge on any atom is -0.369 e. The molecule has 4 unspecified atom stereocenters. The molecule has 1 fully saturated rings. The highest BCUT2D eigenvalue weighted by molar-refractivity contribution is 5.20. The molecule has 2 rings (SSSR count). The largest absolute Gasteiger partial charge is 0.369 e. The quantitative estimate of drug-likeness (QED) is 0.810. The highest BCUT2D eigenvalue weighted by Crippen LogP contribution is 2.27. The molecule has 1 aliphatic heterocycles. The zero-order valence-corrected chi connectivity index (χ0v) is 10.6. The van der Waals surface area contributed by atoms with E-state index in [4.69, 9.17) is 4.74 Å². The maximum atomic E-state index is 12.9. The van der Waals surface area contributed by atoms with E-state index in [-0.39, 0.29) is 24.1 Å². The standard InChI is InChI=1S/C14H20FNO/c1-9-8-10(2)17-14(11(3)16-9)12-4-6-13(15)7-5-12/h4-7,9-11,14,16H,8H2,1-3H3. The second-order valence-corrected chi connectivity index (χ2v) is 5.01. The van der Waals surface area contributed by atoms with Crippen molar-refractivity contribution in [3.05, 3.63) is 35.6 Å². The number of benzene rings is 1. The van der Waals surface area contributed by atoms with Gasteiger partial charge in [-0.2, -0.15) is 0 Å². The number of nitrogens with one attached hydrogen (secondary N) is 1. The van der Waals surface area contributed by atoms with E-state index in [1.807, 2.05) is 0 Å². The molecule has 2 nitrogen and oxygen atoms in total. The van der Waals surface area contributed by atoms with Gasteiger partial charge < -0.3 is 10.1 Å². The molecule has 0 bridgehead atoms. The van der Waals surface area contributed by atoms with Crippen molar-refractivity contribution >= 4 is 0 Å². The Morgan fingerprint density at radius 3 is 2.47 bits per heavy atom. The third-order valence-electron chi connectivity index (χ3n) is 3.26. The van der Waals surface area contributed by atoms with Crippen LogP contribution in [-0.4, -0.2) is 18.2 Å². The summed E-state index contributed by atoms with van der Waals surface area (Å²) in [6, 6.07) is 7.28. The van der Waals surface area contributed by atoms with E-state index >= 15 is 0 Å². The molecule has 1 N–H and O–H groups in total. The molecule has 3 heteroatoms. The molecule has 17 heavy (non-hydrogen) atoms. The smallest absolute Gasteiger partial charge is 0.123 e. The van der Waals surface area contributed by atoms with Crippen LogP contribution in [-0.2, 0) is 4.74 Å². The van der Waals surface area contributed by atoms with Crippen molar-refractivity contribution in [3.8, 4) is 0 Å². The zero-order chi connectivity index (χ0) is 12.4. The second kappa shape index (κ2) is 5.15. The van der Waals surface area contributed by atoms with Crippen molar-refractivity contribution in [2.75, 3.05) is 0 Å². The van der Waals surface area contributed by atoms with Gasteiger partial charge >= 0.3 is 0 Å². The van der Waals surface area contributed by atoms with Gasteiger partial charge in [0.25, 0.3) is 0 Å². The minimum atomic E-state index is -0.204. The lowest BCUT2D eigenvalue weighted by Gasteiger charge is -2.24. The van der Waals surface area contributed by atoms with E-state index in [2.05, 4.69) is 26.1 Å². The van der Waals surface area contributed by atoms with Crippen molar-refractivity contribution in [1.29, 1.82) is 0 Å². The summed E-state index contributed by atoms with van der Waals surface area (Å²) >= 11 is 0. The predicted molar refractivity (Wildman–Crippen MR) is 66.4 cm³/mol. The van der Waals surface area contributed by atoms with Crippen molar-refractivity contribution < 1.29 is 9.13 Å². The molecule has 1 aromatic carbocycles. The van der Waals surface area contributed by atoms with Crippen molar-refractivity contribution in [3.63, 3.8) is 0 Å². The van der Waals surface area contributed by atoms with Crippen LogP contribution in [0.5, 0.6) is 0 Å². The Balaban J connectivity index is 2.20. The number of hydrogen-bond donors (Lipinski definition) is 1. The average Bonchev–Trinajstić information content (AvgIpc) is 2.38. The van der Waals surface area contributed by atoms with Gasteiger partial charge in [0, 0.05) is 12.1 Å². The van der Waals surface area contributed by atoms with Gasteiger partial charge in [-0.05, 0) is 44.9 Å². The molecule has 1 aromatic rings. The molecule has 0 amide bonds. The van der Waals surface area contributed by atoms with Crippen LogP contribution < -0.4 is 5.32 Å². The maximum Gasteiger partial charge on any atom is 0.123 e. The molecule has 0 saturated carbocycles. The molecule has 1 heterocycles. The number of hydrogen-bond acceptors (Lipinski definition) is 2. The van der Waals surface area contributed by atoms with Crippen LogP contribution in [0.4, 0.5) is 4.39 Å². The summed E-state index contributed by atoms with van der Waals surface area (Å²) in [4.78, 5) is 0. The lowest BCUT2D eigenvalue weighted by atomic mass is 10.0. The fraction of sp³-hybridized carbons (Fsp3) is 0.571. The molecule has 94 valence electrons. The Morgan fingerprint density at radius 2 is 1.82 bits per heavy atom. The van der Waals surface area contributed by atoms with Crippen LogP contribution in [0.1, 0.15) is 38.9 Å². The second-order valence-electron chi connectivity index (χ2n) is 5.01. The summed E-state index contributed by atoms with van der Waals surface area (Å²) in [6.07, 6.45) is 1.22. The van der Waals surface area contributed by atoms with Crippen LogP contribution in [0.25, 0.3) is 0 Å². The molecule has 4 atom stereocenters. The Morgan fingerprint density at radius 1 is 1.18 bits per heavy atom. The van der Waals surface area contributed by atoms with Crippen LogP contribution in [0.2, 0.25) is 0 Å². The van der Waals surface area contributed by atoms with Gasteiger partial charge in [-0.25, -0.2) is 4.39 Å². The third kappa shape index (κ3) is 3.05. The first-order chi connectivity index (χ1) is 8.06. The van der Waals surface area contributed by atoms with Crippen LogP contribution >= 0.6 is 0 Å². The van der Waals surface area contributed by atoms with Gasteiger partial charge in [-0.15, -0.1) is 0 Å². The summed E-state index contributed by atoms with van der Waals surface area (Å²) in [7, 11) is 0. The van der Waals surface area contributed by atoms with Gasteiger partial charge in [-0.1, -0.05) is 12.1 Å². The first-order valence-electron chi connectivity index (χ1n) is 6.23. The van der Waals surface area contributed by atoms with E-state index in [1.54, 1.807) is 12.1 Å². The van der Waals surface area contributed by atoms with Crippen molar-refractivity contribution in [1.82, 2.24) is 5.32 Å². The summed E-state index contributed by atoms with van der Waals surface area (Å²) < 4.78 is 18.9. The lowest BCUT2D eigenvalue weighted by molar-refractivity contribution is -0.00784. The summed E-state index contributed by atoms with van der Waals surface area (Å²) in [5, 5.41) is 3.52. The minimum absolute atomic E-state index is 0.00412. The van der Waals surface area contributed by atoms with Gasteiger partial charge in [0.05, 0.1) is 12.2 Å². The fourth-order valence-corrected chi connectivity index (χ4v) is 2.55.